The van der Waals surface area contributed by atoms with Crippen LogP contribution in [0.4, 0.5) is 0 Å². The van der Waals surface area contributed by atoms with Gasteiger partial charge in [-0.1, -0.05) is 0 Å². The van der Waals surface area contributed by atoms with Crippen LogP contribution in [0.3, 0.4) is 0 Å². The molecule has 0 unspecified atom stereocenters. The molecule has 21 heavy (non-hydrogen) atoms. The van der Waals surface area contributed by atoms with E-state index in [1.165, 1.54) is 23.4 Å². The third-order valence-corrected chi connectivity index (χ3v) is 4.87. The van der Waals surface area contributed by atoms with Crippen molar-refractivity contribution in [2.45, 2.75) is 25.3 Å². The number of aromatic nitrogens is 3. The second-order valence-corrected chi connectivity index (χ2v) is 6.48. The van der Waals surface area contributed by atoms with Crippen LogP contribution >= 0.6 is 11.3 Å². The van der Waals surface area contributed by atoms with Gasteiger partial charge in [-0.05, 0) is 38.1 Å². The molecule has 3 aromatic rings. The number of nitrogens with zero attached hydrogens (tertiary/aromatic N) is 3. The van der Waals surface area contributed by atoms with Crippen LogP contribution in [0, 0.1) is 0 Å². The fraction of sp³-hybridized carbons (Fsp3) is 0.312. The Hall–Kier alpha value is -1.85. The lowest BCUT2D eigenvalue weighted by molar-refractivity contribution is 0.813. The SMILES string of the molecule is CNCc1sc(-c2ccc3nccnc3c2)nc1C1CC1. The molecule has 4 rings (SSSR count). The zero-order chi connectivity index (χ0) is 14.2. The lowest BCUT2D eigenvalue weighted by Crippen LogP contribution is -2.05. The van der Waals surface area contributed by atoms with Crippen molar-refractivity contribution in [2.75, 3.05) is 7.05 Å². The van der Waals surface area contributed by atoms with Gasteiger partial charge in [-0.2, -0.15) is 0 Å². The maximum Gasteiger partial charge on any atom is 0.124 e. The molecule has 1 aliphatic rings. The van der Waals surface area contributed by atoms with Gasteiger partial charge in [-0.25, -0.2) is 4.98 Å². The molecule has 106 valence electrons. The number of rotatable bonds is 4. The topological polar surface area (TPSA) is 50.7 Å². The molecule has 4 nitrogen and oxygen atoms in total. The molecule has 1 fully saturated rings. The Labute approximate surface area is 127 Å². The first-order valence-electron chi connectivity index (χ1n) is 7.20. The van der Waals surface area contributed by atoms with Crippen LogP contribution in [-0.4, -0.2) is 22.0 Å². The maximum absolute atomic E-state index is 4.90. The Morgan fingerprint density at radius 3 is 2.76 bits per heavy atom. The molecule has 2 heterocycles. The molecule has 2 aromatic heterocycles. The molecule has 0 atom stereocenters. The van der Waals surface area contributed by atoms with Crippen LogP contribution in [0.5, 0.6) is 0 Å². The molecule has 0 amide bonds. The Kier molecular flexibility index (Phi) is 3.16. The highest BCUT2D eigenvalue weighted by atomic mass is 32.1. The number of hydrogen-bond acceptors (Lipinski definition) is 5. The van der Waals surface area contributed by atoms with Crippen molar-refractivity contribution in [1.29, 1.82) is 0 Å². The first-order chi connectivity index (χ1) is 10.3. The Balaban J connectivity index is 1.78. The standard InChI is InChI=1S/C16H16N4S/c1-17-9-14-15(10-2-3-10)20-16(21-14)11-4-5-12-13(8-11)19-7-6-18-12/h4-8,10,17H,2-3,9H2,1H3. The largest absolute Gasteiger partial charge is 0.315 e. The van der Waals surface area contributed by atoms with E-state index in [0.717, 1.165) is 28.1 Å². The lowest BCUT2D eigenvalue weighted by atomic mass is 10.2. The van der Waals surface area contributed by atoms with Gasteiger partial charge in [0.2, 0.25) is 0 Å². The third-order valence-electron chi connectivity index (χ3n) is 3.75. The molecule has 1 N–H and O–H groups in total. The third kappa shape index (κ3) is 2.43. The van der Waals surface area contributed by atoms with E-state index >= 15 is 0 Å². The average Bonchev–Trinajstić information content (AvgIpc) is 3.28. The van der Waals surface area contributed by atoms with Crippen LogP contribution in [0.2, 0.25) is 0 Å². The van der Waals surface area contributed by atoms with Crippen LogP contribution in [0.1, 0.15) is 29.3 Å². The fourth-order valence-corrected chi connectivity index (χ4v) is 3.70. The summed E-state index contributed by atoms with van der Waals surface area (Å²) in [5.74, 6) is 0.679. The summed E-state index contributed by atoms with van der Waals surface area (Å²) in [5, 5.41) is 4.34. The molecule has 1 saturated carbocycles. The quantitative estimate of drug-likeness (QED) is 0.802. The number of nitrogens with one attached hydrogen (secondary N) is 1. The minimum absolute atomic E-state index is 0.679. The lowest BCUT2D eigenvalue weighted by Gasteiger charge is -1.99. The first kappa shape index (κ1) is 12.9. The van der Waals surface area contributed by atoms with E-state index < -0.39 is 0 Å². The van der Waals surface area contributed by atoms with Crippen molar-refractivity contribution in [1.82, 2.24) is 20.3 Å². The van der Waals surface area contributed by atoms with Gasteiger partial charge in [0.15, 0.2) is 0 Å². The van der Waals surface area contributed by atoms with Gasteiger partial charge in [0.25, 0.3) is 0 Å². The molecule has 1 aromatic carbocycles. The Morgan fingerprint density at radius 2 is 2.00 bits per heavy atom. The summed E-state index contributed by atoms with van der Waals surface area (Å²) in [5.41, 5.74) is 4.28. The summed E-state index contributed by atoms with van der Waals surface area (Å²) in [6.07, 6.45) is 6.02. The summed E-state index contributed by atoms with van der Waals surface area (Å²) in [7, 11) is 1.99. The second kappa shape index (κ2) is 5.16. The van der Waals surface area contributed by atoms with E-state index in [4.69, 9.17) is 4.98 Å². The van der Waals surface area contributed by atoms with E-state index in [-0.39, 0.29) is 0 Å². The van der Waals surface area contributed by atoms with Gasteiger partial charge in [-0.3, -0.25) is 9.97 Å². The van der Waals surface area contributed by atoms with E-state index in [1.807, 2.05) is 13.1 Å². The molecule has 0 radical (unpaired) electrons. The normalized spacial score (nSPS) is 14.7. The van der Waals surface area contributed by atoms with Gasteiger partial charge in [0.1, 0.15) is 5.01 Å². The number of hydrogen-bond donors (Lipinski definition) is 1. The van der Waals surface area contributed by atoms with Gasteiger partial charge >= 0.3 is 0 Å². The Bertz CT molecular complexity index is 792. The molecule has 0 saturated heterocycles. The van der Waals surface area contributed by atoms with Crippen LogP contribution in [-0.2, 0) is 6.54 Å². The summed E-state index contributed by atoms with van der Waals surface area (Å²) in [6, 6.07) is 6.20. The van der Waals surface area contributed by atoms with Crippen molar-refractivity contribution < 1.29 is 0 Å². The number of thiazole rings is 1. The highest BCUT2D eigenvalue weighted by Gasteiger charge is 2.29. The van der Waals surface area contributed by atoms with Crippen molar-refractivity contribution in [3.63, 3.8) is 0 Å². The Morgan fingerprint density at radius 1 is 1.19 bits per heavy atom. The predicted molar refractivity (Wildman–Crippen MR) is 85.4 cm³/mol. The average molecular weight is 296 g/mol. The van der Waals surface area contributed by atoms with Crippen LogP contribution < -0.4 is 5.32 Å². The van der Waals surface area contributed by atoms with Gasteiger partial charge < -0.3 is 5.32 Å². The zero-order valence-electron chi connectivity index (χ0n) is 11.8. The molecule has 0 aliphatic heterocycles. The number of benzene rings is 1. The summed E-state index contributed by atoms with van der Waals surface area (Å²) in [6.45, 7) is 0.900. The molecule has 0 bridgehead atoms. The highest BCUT2D eigenvalue weighted by Crippen LogP contribution is 2.44. The smallest absolute Gasteiger partial charge is 0.124 e. The molecule has 0 spiro atoms. The molecule has 5 heteroatoms. The van der Waals surface area contributed by atoms with E-state index in [9.17, 15) is 0 Å². The monoisotopic (exact) mass is 296 g/mol. The minimum atomic E-state index is 0.679. The minimum Gasteiger partial charge on any atom is -0.315 e. The number of fused-ring (bicyclic) bond motifs is 1. The van der Waals surface area contributed by atoms with E-state index in [1.54, 1.807) is 23.7 Å². The molecular formula is C16H16N4S. The molecular weight excluding hydrogens is 280 g/mol. The van der Waals surface area contributed by atoms with Crippen molar-refractivity contribution in [2.24, 2.45) is 0 Å². The van der Waals surface area contributed by atoms with Gasteiger partial charge in [-0.15, -0.1) is 11.3 Å². The predicted octanol–water partition coefficient (Wildman–Crippen LogP) is 3.35. The first-order valence-corrected chi connectivity index (χ1v) is 8.02. The van der Waals surface area contributed by atoms with Crippen LogP contribution in [0.15, 0.2) is 30.6 Å². The summed E-state index contributed by atoms with van der Waals surface area (Å²) >= 11 is 1.79. The van der Waals surface area contributed by atoms with Crippen molar-refractivity contribution >= 4 is 22.4 Å². The highest BCUT2D eigenvalue weighted by molar-refractivity contribution is 7.15. The second-order valence-electron chi connectivity index (χ2n) is 5.39. The van der Waals surface area contributed by atoms with Crippen molar-refractivity contribution in [3.05, 3.63) is 41.2 Å². The van der Waals surface area contributed by atoms with E-state index in [0.29, 0.717) is 5.92 Å². The summed E-state index contributed by atoms with van der Waals surface area (Å²) < 4.78 is 0. The van der Waals surface area contributed by atoms with Crippen molar-refractivity contribution in [3.8, 4) is 10.6 Å². The fourth-order valence-electron chi connectivity index (χ4n) is 2.55. The van der Waals surface area contributed by atoms with Gasteiger partial charge in [0.05, 0.1) is 16.7 Å². The van der Waals surface area contributed by atoms with E-state index in [2.05, 4.69) is 27.4 Å². The maximum atomic E-state index is 4.90. The van der Waals surface area contributed by atoms with Crippen LogP contribution in [0.25, 0.3) is 21.6 Å². The zero-order valence-corrected chi connectivity index (χ0v) is 12.7. The summed E-state index contributed by atoms with van der Waals surface area (Å²) in [4.78, 5) is 15.0. The van der Waals surface area contributed by atoms with Gasteiger partial charge in [0, 0.05) is 35.3 Å². The molecule has 1 aliphatic carbocycles.